The van der Waals surface area contributed by atoms with E-state index in [0.717, 1.165) is 16.5 Å². The van der Waals surface area contributed by atoms with E-state index in [0.29, 0.717) is 11.5 Å². The SMILES string of the molecule is CCCCCCCCSCc1cc(NC(=O)C2=C(O)c3ccccc3S(=O)(=O)N2C)no1. The maximum Gasteiger partial charge on any atom is 0.278 e. The first-order valence-corrected chi connectivity index (χ1v) is 13.3. The average Bonchev–Trinajstić information content (AvgIpc) is 3.21. The monoisotopic (exact) mass is 479 g/mol. The number of aromatic nitrogens is 1. The molecule has 3 rings (SSSR count). The molecule has 0 saturated carbocycles. The molecule has 1 aromatic heterocycles. The highest BCUT2D eigenvalue weighted by Gasteiger charge is 2.37. The van der Waals surface area contributed by atoms with Gasteiger partial charge in [-0.15, -0.1) is 0 Å². The third-order valence-corrected chi connectivity index (χ3v) is 8.10. The van der Waals surface area contributed by atoms with Gasteiger partial charge in [-0.2, -0.15) is 11.8 Å². The summed E-state index contributed by atoms with van der Waals surface area (Å²) >= 11 is 1.74. The summed E-state index contributed by atoms with van der Waals surface area (Å²) in [5.74, 6) is 1.24. The van der Waals surface area contributed by atoms with Crippen LogP contribution in [0.25, 0.3) is 5.76 Å². The lowest BCUT2D eigenvalue weighted by Gasteiger charge is -2.28. The number of hydrogen-bond donors (Lipinski definition) is 2. The smallest absolute Gasteiger partial charge is 0.278 e. The van der Waals surface area contributed by atoms with E-state index in [1.807, 2.05) is 0 Å². The Balaban J connectivity index is 1.58. The van der Waals surface area contributed by atoms with Crippen molar-refractivity contribution in [3.63, 3.8) is 0 Å². The van der Waals surface area contributed by atoms with Gasteiger partial charge >= 0.3 is 0 Å². The number of amides is 1. The van der Waals surface area contributed by atoms with Crippen molar-refractivity contribution in [1.29, 1.82) is 0 Å². The van der Waals surface area contributed by atoms with Crippen molar-refractivity contribution in [2.24, 2.45) is 0 Å². The van der Waals surface area contributed by atoms with Gasteiger partial charge in [0.25, 0.3) is 15.9 Å². The Morgan fingerprint density at radius 1 is 1.19 bits per heavy atom. The van der Waals surface area contributed by atoms with Gasteiger partial charge in [0, 0.05) is 18.7 Å². The minimum absolute atomic E-state index is 0.0531. The standard InChI is InChI=1S/C22H29N3O5S2/c1-3-4-5-6-7-10-13-31-15-16-14-19(24-30-16)23-22(27)20-21(26)17-11-8-9-12-18(17)32(28,29)25(20)2/h8-9,11-12,14,26H,3-7,10,13,15H2,1-2H3,(H,23,24,27). The summed E-state index contributed by atoms with van der Waals surface area (Å²) in [5.41, 5.74) is -0.284. The topological polar surface area (TPSA) is 113 Å². The first kappa shape index (κ1) is 24.2. The maximum absolute atomic E-state index is 12.8. The van der Waals surface area contributed by atoms with Gasteiger partial charge in [0.15, 0.2) is 17.3 Å². The van der Waals surface area contributed by atoms with Crippen molar-refractivity contribution in [3.05, 3.63) is 47.4 Å². The Labute approximate surface area is 193 Å². The van der Waals surface area contributed by atoms with Crippen LogP contribution in [0, 0.1) is 0 Å². The minimum atomic E-state index is -3.95. The fourth-order valence-corrected chi connectivity index (χ4v) is 5.74. The Bertz CT molecular complexity index is 1080. The Morgan fingerprint density at radius 3 is 2.69 bits per heavy atom. The fourth-order valence-electron chi connectivity index (χ4n) is 3.45. The molecule has 0 atom stereocenters. The molecule has 0 saturated heterocycles. The van der Waals surface area contributed by atoms with Gasteiger partial charge in [-0.25, -0.2) is 8.42 Å². The molecule has 0 unspecified atom stereocenters. The molecule has 8 nitrogen and oxygen atoms in total. The van der Waals surface area contributed by atoms with E-state index in [2.05, 4.69) is 17.4 Å². The van der Waals surface area contributed by atoms with Crippen molar-refractivity contribution >= 4 is 39.3 Å². The molecular weight excluding hydrogens is 450 g/mol. The Hall–Kier alpha value is -2.46. The number of anilines is 1. The number of aliphatic hydroxyl groups excluding tert-OH is 1. The number of carbonyl (C=O) groups excluding carboxylic acids is 1. The van der Waals surface area contributed by atoms with Crippen molar-refractivity contribution in [1.82, 2.24) is 9.46 Å². The molecule has 1 aliphatic rings. The van der Waals surface area contributed by atoms with Crippen LogP contribution in [-0.2, 0) is 20.6 Å². The number of aliphatic hydroxyl groups is 1. The Kier molecular flexibility index (Phi) is 8.25. The molecule has 2 N–H and O–H groups in total. The van der Waals surface area contributed by atoms with E-state index in [9.17, 15) is 18.3 Å². The molecule has 2 heterocycles. The third-order valence-electron chi connectivity index (χ3n) is 5.22. The molecule has 1 aliphatic heterocycles. The number of likely N-dealkylation sites (N-methyl/N-ethyl adjacent to an activating group) is 1. The van der Waals surface area contributed by atoms with E-state index in [-0.39, 0.29) is 22.0 Å². The summed E-state index contributed by atoms with van der Waals surface area (Å²) in [5, 5.41) is 16.9. The molecule has 174 valence electrons. The Morgan fingerprint density at radius 2 is 1.91 bits per heavy atom. The van der Waals surface area contributed by atoms with Gasteiger partial charge in [0.1, 0.15) is 5.76 Å². The fraction of sp³-hybridized carbons (Fsp3) is 0.455. The number of rotatable bonds is 11. The lowest BCUT2D eigenvalue weighted by molar-refractivity contribution is -0.113. The van der Waals surface area contributed by atoms with Crippen molar-refractivity contribution < 1.29 is 22.8 Å². The van der Waals surface area contributed by atoms with Crippen LogP contribution < -0.4 is 5.32 Å². The zero-order chi connectivity index (χ0) is 23.1. The van der Waals surface area contributed by atoms with Crippen molar-refractivity contribution in [3.8, 4) is 0 Å². The van der Waals surface area contributed by atoms with E-state index in [4.69, 9.17) is 4.52 Å². The van der Waals surface area contributed by atoms with E-state index >= 15 is 0 Å². The average molecular weight is 480 g/mol. The van der Waals surface area contributed by atoms with Crippen LogP contribution in [0.15, 0.2) is 45.4 Å². The number of nitrogens with one attached hydrogen (secondary N) is 1. The number of sulfonamides is 1. The molecule has 32 heavy (non-hydrogen) atoms. The largest absolute Gasteiger partial charge is 0.505 e. The van der Waals surface area contributed by atoms with Crippen LogP contribution >= 0.6 is 11.8 Å². The second-order valence-electron chi connectivity index (χ2n) is 7.62. The third kappa shape index (κ3) is 5.47. The maximum atomic E-state index is 12.8. The first-order chi connectivity index (χ1) is 15.4. The molecule has 0 spiro atoms. The van der Waals surface area contributed by atoms with Crippen LogP contribution in [0.3, 0.4) is 0 Å². The molecule has 0 fully saturated rings. The second kappa shape index (κ2) is 10.9. The first-order valence-electron chi connectivity index (χ1n) is 10.7. The lowest BCUT2D eigenvalue weighted by atomic mass is 10.1. The highest BCUT2D eigenvalue weighted by Crippen LogP contribution is 2.34. The van der Waals surface area contributed by atoms with Crippen molar-refractivity contribution in [2.75, 3.05) is 18.1 Å². The molecule has 2 aromatic rings. The van der Waals surface area contributed by atoms with Crippen LogP contribution in [0.2, 0.25) is 0 Å². The predicted molar refractivity (Wildman–Crippen MR) is 126 cm³/mol. The van der Waals surface area contributed by atoms with Crippen LogP contribution in [-0.4, -0.2) is 41.7 Å². The second-order valence-corrected chi connectivity index (χ2v) is 10.7. The predicted octanol–water partition coefficient (Wildman–Crippen LogP) is 4.77. The quantitative estimate of drug-likeness (QED) is 0.446. The van der Waals surface area contributed by atoms with E-state index in [1.165, 1.54) is 51.3 Å². The van der Waals surface area contributed by atoms with Gasteiger partial charge in [0.05, 0.1) is 10.6 Å². The molecule has 10 heteroatoms. The van der Waals surface area contributed by atoms with Gasteiger partial charge in [-0.1, -0.05) is 56.3 Å². The number of unbranched alkanes of at least 4 members (excludes halogenated alkanes) is 5. The molecule has 0 aliphatic carbocycles. The summed E-state index contributed by atoms with van der Waals surface area (Å²) in [6.07, 6.45) is 7.48. The molecule has 1 aromatic carbocycles. The van der Waals surface area contributed by atoms with Gasteiger partial charge in [0.2, 0.25) is 0 Å². The number of benzene rings is 1. The minimum Gasteiger partial charge on any atom is -0.505 e. The zero-order valence-electron chi connectivity index (χ0n) is 18.3. The molecule has 0 bridgehead atoms. The molecule has 0 radical (unpaired) electrons. The van der Waals surface area contributed by atoms with Crippen LogP contribution in [0.1, 0.15) is 56.8 Å². The van der Waals surface area contributed by atoms with Gasteiger partial charge in [-0.3, -0.25) is 9.10 Å². The summed E-state index contributed by atoms with van der Waals surface area (Å²) in [6.45, 7) is 2.21. The summed E-state index contributed by atoms with van der Waals surface area (Å²) < 4.78 is 31.5. The van der Waals surface area contributed by atoms with Gasteiger partial charge in [-0.05, 0) is 24.3 Å². The number of fused-ring (bicyclic) bond motifs is 1. The van der Waals surface area contributed by atoms with Crippen molar-refractivity contribution in [2.45, 2.75) is 56.1 Å². The van der Waals surface area contributed by atoms with E-state index in [1.54, 1.807) is 30.0 Å². The zero-order valence-corrected chi connectivity index (χ0v) is 20.0. The summed E-state index contributed by atoms with van der Waals surface area (Å²) in [7, 11) is -2.73. The lowest BCUT2D eigenvalue weighted by Crippen LogP contribution is -2.37. The molecule has 1 amide bonds. The molecular formula is C22H29N3O5S2. The summed E-state index contributed by atoms with van der Waals surface area (Å²) in [4.78, 5) is 12.7. The highest BCUT2D eigenvalue weighted by atomic mass is 32.2. The number of thioether (sulfide) groups is 1. The normalized spacial score (nSPS) is 15.0. The van der Waals surface area contributed by atoms with E-state index < -0.39 is 21.7 Å². The summed E-state index contributed by atoms with van der Waals surface area (Å²) in [6, 6.07) is 7.60. The number of carbonyl (C=O) groups is 1. The number of nitrogens with zero attached hydrogens (tertiary/aromatic N) is 2. The van der Waals surface area contributed by atoms with Crippen LogP contribution in [0.5, 0.6) is 0 Å². The number of hydrogen-bond acceptors (Lipinski definition) is 7. The van der Waals surface area contributed by atoms with Crippen LogP contribution in [0.4, 0.5) is 5.82 Å². The van der Waals surface area contributed by atoms with Gasteiger partial charge < -0.3 is 14.9 Å². The highest BCUT2D eigenvalue weighted by molar-refractivity contribution is 7.98.